The van der Waals surface area contributed by atoms with Crippen molar-refractivity contribution < 1.29 is 9.47 Å². The number of nitrogens with zero attached hydrogens (tertiary/aromatic N) is 4. The van der Waals surface area contributed by atoms with Crippen molar-refractivity contribution >= 4 is 12.2 Å². The summed E-state index contributed by atoms with van der Waals surface area (Å²) in [6, 6.07) is 9.16. The summed E-state index contributed by atoms with van der Waals surface area (Å²) < 4.78 is 16.7. The minimum absolute atomic E-state index is 0.242. The first-order chi connectivity index (χ1) is 13.2. The standard InChI is InChI=1S/C20H26N4O2S/c1-22-19(18-12-25-16-8-4-5-9-17(16)26-18)21-24(20(22)27)13-23(15-10-11-15)14-6-2-3-7-14/h4-5,8-9,14-15,18H,2-3,6-7,10-13H2,1H3. The fraction of sp³-hybridized carbons (Fsp3) is 0.600. The largest absolute Gasteiger partial charge is 0.485 e. The highest BCUT2D eigenvalue weighted by atomic mass is 32.1. The Hall–Kier alpha value is -1.86. The summed E-state index contributed by atoms with van der Waals surface area (Å²) in [4.78, 5) is 2.63. The van der Waals surface area contributed by atoms with Crippen LogP contribution in [0.3, 0.4) is 0 Å². The van der Waals surface area contributed by atoms with Gasteiger partial charge in [0, 0.05) is 19.1 Å². The molecule has 2 heterocycles. The Bertz CT molecular complexity index is 882. The minimum Gasteiger partial charge on any atom is -0.485 e. The van der Waals surface area contributed by atoms with Gasteiger partial charge in [0.25, 0.3) is 0 Å². The number of para-hydroxylation sites is 2. The first-order valence-electron chi connectivity index (χ1n) is 9.98. The quantitative estimate of drug-likeness (QED) is 0.731. The van der Waals surface area contributed by atoms with Crippen LogP contribution in [0.25, 0.3) is 0 Å². The van der Waals surface area contributed by atoms with Gasteiger partial charge in [0.2, 0.25) is 0 Å². The van der Waals surface area contributed by atoms with Crippen LogP contribution in [-0.2, 0) is 13.7 Å². The van der Waals surface area contributed by atoms with Gasteiger partial charge in [0.05, 0.1) is 6.67 Å². The van der Waals surface area contributed by atoms with Crippen molar-refractivity contribution in [3.8, 4) is 11.5 Å². The van der Waals surface area contributed by atoms with Gasteiger partial charge in [-0.15, -0.1) is 0 Å². The molecule has 6 nitrogen and oxygen atoms in total. The molecule has 0 radical (unpaired) electrons. The monoisotopic (exact) mass is 386 g/mol. The topological polar surface area (TPSA) is 44.5 Å². The lowest BCUT2D eigenvalue weighted by atomic mass is 10.2. The van der Waals surface area contributed by atoms with E-state index in [2.05, 4.69) is 4.90 Å². The van der Waals surface area contributed by atoms with Gasteiger partial charge in [-0.25, -0.2) is 4.68 Å². The van der Waals surface area contributed by atoms with Crippen LogP contribution in [0.1, 0.15) is 50.5 Å². The number of rotatable bonds is 5. The maximum absolute atomic E-state index is 6.15. The van der Waals surface area contributed by atoms with Crippen molar-refractivity contribution in [3.05, 3.63) is 34.9 Å². The van der Waals surface area contributed by atoms with Crippen molar-refractivity contribution in [1.29, 1.82) is 0 Å². The van der Waals surface area contributed by atoms with Crippen LogP contribution >= 0.6 is 12.2 Å². The number of fused-ring (bicyclic) bond motifs is 1. The molecule has 0 N–H and O–H groups in total. The van der Waals surface area contributed by atoms with Crippen LogP contribution in [0.4, 0.5) is 0 Å². The van der Waals surface area contributed by atoms with Crippen molar-refractivity contribution in [1.82, 2.24) is 19.2 Å². The lowest BCUT2D eigenvalue weighted by Gasteiger charge is -2.28. The SMILES string of the molecule is Cn1c(C2COc3ccccc3O2)nn(CN(C2CCCC2)C2CC2)c1=S. The van der Waals surface area contributed by atoms with E-state index in [1.165, 1.54) is 38.5 Å². The average Bonchev–Trinajstić information content (AvgIpc) is 3.32. The molecule has 7 heteroatoms. The Labute approximate surface area is 164 Å². The van der Waals surface area contributed by atoms with E-state index in [9.17, 15) is 0 Å². The van der Waals surface area contributed by atoms with Crippen LogP contribution in [-0.4, -0.2) is 37.9 Å². The van der Waals surface area contributed by atoms with Crippen LogP contribution in [0.15, 0.2) is 24.3 Å². The van der Waals surface area contributed by atoms with E-state index in [-0.39, 0.29) is 6.10 Å². The Morgan fingerprint density at radius 2 is 1.81 bits per heavy atom. The molecule has 2 fully saturated rings. The fourth-order valence-corrected chi connectivity index (χ4v) is 4.54. The molecule has 0 spiro atoms. The average molecular weight is 387 g/mol. The normalized spacial score (nSPS) is 22.5. The molecule has 2 aromatic rings. The van der Waals surface area contributed by atoms with Crippen molar-refractivity contribution in [3.63, 3.8) is 0 Å². The summed E-state index contributed by atoms with van der Waals surface area (Å²) in [5.74, 6) is 2.38. The molecule has 0 bridgehead atoms. The molecule has 1 aliphatic heterocycles. The van der Waals surface area contributed by atoms with E-state index >= 15 is 0 Å². The third-order valence-corrected chi connectivity index (χ3v) is 6.46. The van der Waals surface area contributed by atoms with Gasteiger partial charge in [-0.05, 0) is 50.0 Å². The zero-order valence-corrected chi connectivity index (χ0v) is 16.5. The molecule has 1 unspecified atom stereocenters. The summed E-state index contributed by atoms with van der Waals surface area (Å²) >= 11 is 5.70. The van der Waals surface area contributed by atoms with Crippen LogP contribution < -0.4 is 9.47 Å². The Morgan fingerprint density at radius 1 is 1.11 bits per heavy atom. The first kappa shape index (κ1) is 17.3. The van der Waals surface area contributed by atoms with E-state index in [4.69, 9.17) is 26.8 Å². The Balaban J connectivity index is 1.39. The molecule has 1 aromatic heterocycles. The number of hydrogen-bond donors (Lipinski definition) is 0. The molecule has 1 atom stereocenters. The van der Waals surface area contributed by atoms with Gasteiger partial charge in [-0.2, -0.15) is 5.10 Å². The van der Waals surface area contributed by atoms with Crippen molar-refractivity contribution in [2.75, 3.05) is 6.61 Å². The molecule has 1 aromatic carbocycles. The maximum Gasteiger partial charge on any atom is 0.198 e. The molecule has 27 heavy (non-hydrogen) atoms. The van der Waals surface area contributed by atoms with Crippen molar-refractivity contribution in [2.45, 2.75) is 63.4 Å². The van der Waals surface area contributed by atoms with Gasteiger partial charge in [0.15, 0.2) is 28.2 Å². The predicted molar refractivity (Wildman–Crippen MR) is 104 cm³/mol. The summed E-state index contributed by atoms with van der Waals surface area (Å²) in [5.41, 5.74) is 0. The maximum atomic E-state index is 6.15. The fourth-order valence-electron chi connectivity index (χ4n) is 4.35. The number of ether oxygens (including phenoxy) is 2. The third kappa shape index (κ3) is 3.27. The molecular formula is C20H26N4O2S. The van der Waals surface area contributed by atoms with Gasteiger partial charge in [-0.1, -0.05) is 25.0 Å². The highest BCUT2D eigenvalue weighted by Gasteiger charge is 2.36. The lowest BCUT2D eigenvalue weighted by molar-refractivity contribution is 0.0814. The zero-order chi connectivity index (χ0) is 18.4. The van der Waals surface area contributed by atoms with E-state index < -0.39 is 0 Å². The number of aromatic nitrogens is 3. The number of benzene rings is 1. The lowest BCUT2D eigenvalue weighted by Crippen LogP contribution is -2.37. The molecule has 2 saturated carbocycles. The highest BCUT2D eigenvalue weighted by Crippen LogP contribution is 2.36. The summed E-state index contributed by atoms with van der Waals surface area (Å²) in [5, 5.41) is 4.86. The van der Waals surface area contributed by atoms with Crippen molar-refractivity contribution in [2.24, 2.45) is 7.05 Å². The first-order valence-corrected chi connectivity index (χ1v) is 10.4. The second-order valence-corrected chi connectivity index (χ2v) is 8.25. The van der Waals surface area contributed by atoms with Gasteiger partial charge < -0.3 is 14.0 Å². The van der Waals surface area contributed by atoms with Crippen LogP contribution in [0.2, 0.25) is 0 Å². The molecule has 144 valence electrons. The van der Waals surface area contributed by atoms with E-state index in [0.717, 1.165) is 28.8 Å². The second kappa shape index (κ2) is 6.95. The molecule has 5 rings (SSSR count). The summed E-state index contributed by atoms with van der Waals surface area (Å²) in [6.07, 6.45) is 7.67. The molecule has 2 aliphatic carbocycles. The summed E-state index contributed by atoms with van der Waals surface area (Å²) in [7, 11) is 1.97. The molecular weight excluding hydrogens is 360 g/mol. The Morgan fingerprint density at radius 3 is 2.56 bits per heavy atom. The second-order valence-electron chi connectivity index (χ2n) is 7.89. The zero-order valence-electron chi connectivity index (χ0n) is 15.7. The van der Waals surface area contributed by atoms with Gasteiger partial charge >= 0.3 is 0 Å². The molecule has 0 amide bonds. The Kier molecular flexibility index (Phi) is 4.44. The summed E-state index contributed by atoms with van der Waals surface area (Å²) in [6.45, 7) is 1.23. The predicted octanol–water partition coefficient (Wildman–Crippen LogP) is 3.83. The van der Waals surface area contributed by atoms with Gasteiger partial charge in [0.1, 0.15) is 6.61 Å². The number of hydrogen-bond acceptors (Lipinski definition) is 5. The smallest absolute Gasteiger partial charge is 0.198 e. The third-order valence-electron chi connectivity index (χ3n) is 5.98. The minimum atomic E-state index is -0.242. The molecule has 3 aliphatic rings. The molecule has 0 saturated heterocycles. The van der Waals surface area contributed by atoms with Crippen LogP contribution in [0, 0.1) is 4.77 Å². The highest BCUT2D eigenvalue weighted by molar-refractivity contribution is 7.71. The van der Waals surface area contributed by atoms with Crippen LogP contribution in [0.5, 0.6) is 11.5 Å². The van der Waals surface area contributed by atoms with E-state index in [0.29, 0.717) is 18.7 Å². The van der Waals surface area contributed by atoms with E-state index in [1.54, 1.807) is 0 Å². The van der Waals surface area contributed by atoms with Gasteiger partial charge in [-0.3, -0.25) is 4.90 Å². The van der Waals surface area contributed by atoms with E-state index in [1.807, 2.05) is 40.6 Å².